The summed E-state index contributed by atoms with van der Waals surface area (Å²) in [6.07, 6.45) is 6.01. The number of rotatable bonds is 4. The first kappa shape index (κ1) is 12.7. The molecule has 1 saturated carbocycles. The van der Waals surface area contributed by atoms with Crippen molar-refractivity contribution < 1.29 is 14.5 Å². The van der Waals surface area contributed by atoms with Gasteiger partial charge in [0.2, 0.25) is 6.04 Å². The minimum atomic E-state index is -0.396. The van der Waals surface area contributed by atoms with Crippen LogP contribution in [0.3, 0.4) is 0 Å². The van der Waals surface area contributed by atoms with Crippen LogP contribution in [0, 0.1) is 16.0 Å². The van der Waals surface area contributed by atoms with Gasteiger partial charge in [0.15, 0.2) is 0 Å². The fourth-order valence-electron chi connectivity index (χ4n) is 1.91. The number of carbonyl (C=O) groups excluding carboxylic acids is 1. The Morgan fingerprint density at radius 3 is 2.56 bits per heavy atom. The Balaban J connectivity index is 2.31. The molecule has 0 N–H and O–H groups in total. The molecular formula is C11H17NO4. The van der Waals surface area contributed by atoms with Gasteiger partial charge in [0.25, 0.3) is 0 Å². The largest absolute Gasteiger partial charge is 0.463 e. The molecule has 16 heavy (non-hydrogen) atoms. The molecule has 5 heteroatoms. The minimum Gasteiger partial charge on any atom is -0.463 e. The minimum absolute atomic E-state index is 0.203. The summed E-state index contributed by atoms with van der Waals surface area (Å²) in [5.41, 5.74) is 0. The van der Waals surface area contributed by atoms with Crippen LogP contribution in [0.4, 0.5) is 0 Å². The Kier molecular flexibility index (Phi) is 4.95. The van der Waals surface area contributed by atoms with E-state index in [1.165, 1.54) is 6.08 Å². The highest BCUT2D eigenvalue weighted by molar-refractivity contribution is 5.81. The van der Waals surface area contributed by atoms with Crippen molar-refractivity contribution >= 4 is 5.97 Å². The number of allylic oxidation sites excluding steroid dienone is 1. The fraction of sp³-hybridized carbons (Fsp3) is 0.727. The number of esters is 1. The zero-order valence-corrected chi connectivity index (χ0v) is 9.43. The lowest BCUT2D eigenvalue weighted by molar-refractivity contribution is -0.526. The molecule has 90 valence electrons. The Morgan fingerprint density at radius 2 is 2.06 bits per heavy atom. The maximum absolute atomic E-state index is 11.0. The Bertz CT molecular complexity index is 280. The summed E-state index contributed by atoms with van der Waals surface area (Å²) in [6, 6.07) is -0.396. The first-order valence-electron chi connectivity index (χ1n) is 5.62. The van der Waals surface area contributed by atoms with Gasteiger partial charge in [-0.25, -0.2) is 4.79 Å². The van der Waals surface area contributed by atoms with Crippen LogP contribution in [0.25, 0.3) is 0 Å². The summed E-state index contributed by atoms with van der Waals surface area (Å²) in [4.78, 5) is 21.4. The van der Waals surface area contributed by atoms with Gasteiger partial charge in [0.05, 0.1) is 6.61 Å². The SMILES string of the molecule is CCOC(=O)/C=C/C1CCC([N+](=O)[O-])CC1. The molecule has 0 aliphatic heterocycles. The van der Waals surface area contributed by atoms with Crippen LogP contribution in [-0.2, 0) is 9.53 Å². The van der Waals surface area contributed by atoms with Crippen LogP contribution in [0.15, 0.2) is 12.2 Å². The number of hydrogen-bond donors (Lipinski definition) is 0. The van der Waals surface area contributed by atoms with Crippen molar-refractivity contribution in [3.05, 3.63) is 22.3 Å². The van der Waals surface area contributed by atoms with Gasteiger partial charge in [0, 0.05) is 23.8 Å². The summed E-state index contributed by atoms with van der Waals surface area (Å²) in [6.45, 7) is 2.13. The van der Waals surface area contributed by atoms with Crippen LogP contribution in [0.2, 0.25) is 0 Å². The second-order valence-electron chi connectivity index (χ2n) is 3.97. The average molecular weight is 227 g/mol. The van der Waals surface area contributed by atoms with Gasteiger partial charge in [-0.1, -0.05) is 6.08 Å². The Morgan fingerprint density at radius 1 is 1.44 bits per heavy atom. The molecular weight excluding hydrogens is 210 g/mol. The van der Waals surface area contributed by atoms with Crippen LogP contribution in [-0.4, -0.2) is 23.5 Å². The van der Waals surface area contributed by atoms with Crippen LogP contribution in [0.1, 0.15) is 32.6 Å². The molecule has 5 nitrogen and oxygen atoms in total. The molecule has 0 atom stereocenters. The molecule has 1 rings (SSSR count). The van der Waals surface area contributed by atoms with E-state index in [4.69, 9.17) is 4.74 Å². The molecule has 0 heterocycles. The van der Waals surface area contributed by atoms with E-state index in [1.807, 2.05) is 6.08 Å². The summed E-state index contributed by atoms with van der Waals surface area (Å²) < 4.78 is 4.76. The van der Waals surface area contributed by atoms with Crippen LogP contribution < -0.4 is 0 Å². The maximum atomic E-state index is 11.0. The zero-order chi connectivity index (χ0) is 12.0. The van der Waals surface area contributed by atoms with E-state index in [0.717, 1.165) is 12.8 Å². The Hall–Kier alpha value is -1.39. The number of ether oxygens (including phenoxy) is 1. The van der Waals surface area contributed by atoms with Crippen molar-refractivity contribution in [2.24, 2.45) is 5.92 Å². The summed E-state index contributed by atoms with van der Waals surface area (Å²) >= 11 is 0. The maximum Gasteiger partial charge on any atom is 0.330 e. The molecule has 1 aliphatic carbocycles. The zero-order valence-electron chi connectivity index (χ0n) is 9.43. The second kappa shape index (κ2) is 6.25. The highest BCUT2D eigenvalue weighted by atomic mass is 16.6. The standard InChI is InChI=1S/C11H17NO4/c1-2-16-11(13)8-5-9-3-6-10(7-4-9)12(14)15/h5,8-10H,2-4,6-7H2,1H3/b8-5+. The molecule has 0 radical (unpaired) electrons. The van der Waals surface area contributed by atoms with Crippen LogP contribution in [0.5, 0.6) is 0 Å². The predicted molar refractivity (Wildman–Crippen MR) is 58.5 cm³/mol. The van der Waals surface area contributed by atoms with E-state index in [-0.39, 0.29) is 16.8 Å². The van der Waals surface area contributed by atoms with E-state index in [2.05, 4.69) is 0 Å². The van der Waals surface area contributed by atoms with Crippen molar-refractivity contribution in [2.45, 2.75) is 38.6 Å². The quantitative estimate of drug-likeness (QED) is 0.318. The van der Waals surface area contributed by atoms with Crippen molar-refractivity contribution in [1.29, 1.82) is 0 Å². The molecule has 0 unspecified atom stereocenters. The summed E-state index contributed by atoms with van der Waals surface area (Å²) in [5, 5.41) is 10.5. The van der Waals surface area contributed by atoms with Crippen molar-refractivity contribution in [3.8, 4) is 0 Å². The van der Waals surface area contributed by atoms with E-state index >= 15 is 0 Å². The molecule has 1 fully saturated rings. The third kappa shape index (κ3) is 4.00. The number of nitrogens with zero attached hydrogens (tertiary/aromatic N) is 1. The summed E-state index contributed by atoms with van der Waals surface area (Å²) in [7, 11) is 0. The van der Waals surface area contributed by atoms with Gasteiger partial charge in [0.1, 0.15) is 0 Å². The van der Waals surface area contributed by atoms with Crippen molar-refractivity contribution in [3.63, 3.8) is 0 Å². The lowest BCUT2D eigenvalue weighted by atomic mass is 9.86. The highest BCUT2D eigenvalue weighted by Gasteiger charge is 2.27. The van der Waals surface area contributed by atoms with Crippen molar-refractivity contribution in [1.82, 2.24) is 0 Å². The molecule has 0 spiro atoms. The second-order valence-corrected chi connectivity index (χ2v) is 3.97. The van der Waals surface area contributed by atoms with Crippen LogP contribution >= 0.6 is 0 Å². The lowest BCUT2D eigenvalue weighted by Crippen LogP contribution is -2.25. The van der Waals surface area contributed by atoms with Gasteiger partial charge in [-0.15, -0.1) is 0 Å². The average Bonchev–Trinajstić information content (AvgIpc) is 2.27. The smallest absolute Gasteiger partial charge is 0.330 e. The monoisotopic (exact) mass is 227 g/mol. The Labute approximate surface area is 94.6 Å². The van der Waals surface area contributed by atoms with E-state index < -0.39 is 6.04 Å². The molecule has 0 amide bonds. The molecule has 1 aliphatic rings. The molecule has 0 aromatic heterocycles. The molecule has 0 saturated heterocycles. The van der Waals surface area contributed by atoms with Crippen molar-refractivity contribution in [2.75, 3.05) is 6.61 Å². The van der Waals surface area contributed by atoms with E-state index in [1.54, 1.807) is 6.92 Å². The van der Waals surface area contributed by atoms with Gasteiger partial charge >= 0.3 is 5.97 Å². The molecule has 0 bridgehead atoms. The van der Waals surface area contributed by atoms with Gasteiger partial charge in [-0.05, 0) is 25.7 Å². The third-order valence-electron chi connectivity index (χ3n) is 2.83. The summed E-state index contributed by atoms with van der Waals surface area (Å²) in [5.74, 6) is -0.0560. The van der Waals surface area contributed by atoms with Gasteiger partial charge in [-0.2, -0.15) is 0 Å². The normalized spacial score (nSPS) is 25.6. The first-order valence-corrected chi connectivity index (χ1v) is 5.62. The number of nitro groups is 1. The van der Waals surface area contributed by atoms with Gasteiger partial charge in [-0.3, -0.25) is 10.1 Å². The number of carbonyl (C=O) groups is 1. The predicted octanol–water partition coefficient (Wildman–Crippen LogP) is 1.94. The topological polar surface area (TPSA) is 69.4 Å². The van der Waals surface area contributed by atoms with E-state index in [9.17, 15) is 14.9 Å². The first-order chi connectivity index (χ1) is 7.63. The fourth-order valence-corrected chi connectivity index (χ4v) is 1.91. The lowest BCUT2D eigenvalue weighted by Gasteiger charge is -2.20. The third-order valence-corrected chi connectivity index (χ3v) is 2.83. The molecule has 0 aromatic rings. The van der Waals surface area contributed by atoms with Gasteiger partial charge < -0.3 is 4.74 Å². The molecule has 0 aromatic carbocycles. The van der Waals surface area contributed by atoms with E-state index in [0.29, 0.717) is 19.4 Å². The number of hydrogen-bond acceptors (Lipinski definition) is 4. The highest BCUT2D eigenvalue weighted by Crippen LogP contribution is 2.26.